The van der Waals surface area contributed by atoms with Crippen LogP contribution in [0.5, 0.6) is 0 Å². The van der Waals surface area contributed by atoms with Crippen molar-refractivity contribution >= 4 is 22.3 Å². The van der Waals surface area contributed by atoms with Crippen LogP contribution in [0, 0.1) is 11.7 Å². The molecule has 1 aromatic heterocycles. The summed E-state index contributed by atoms with van der Waals surface area (Å²) in [5.41, 5.74) is 0.964. The summed E-state index contributed by atoms with van der Waals surface area (Å²) in [7, 11) is 0. The van der Waals surface area contributed by atoms with E-state index in [1.165, 1.54) is 19.3 Å². The lowest BCUT2D eigenvalue weighted by Gasteiger charge is -2.32. The van der Waals surface area contributed by atoms with Gasteiger partial charge in [-0.1, -0.05) is 19.1 Å². The lowest BCUT2D eigenvalue weighted by molar-refractivity contribution is 0.445. The van der Waals surface area contributed by atoms with Crippen LogP contribution < -0.4 is 10.2 Å². The highest BCUT2D eigenvalue weighted by atomic mass is 19.1. The van der Waals surface area contributed by atoms with Crippen LogP contribution in [-0.2, 0) is 0 Å². The number of piperidine rings is 1. The largest absolute Gasteiger partial charge is 0.381 e. The van der Waals surface area contributed by atoms with E-state index in [9.17, 15) is 4.39 Å². The molecule has 1 saturated heterocycles. The standard InChI is InChI=1S/C18H22FN3/c1-12-4-3-9-22(11-12)18-17-14(5-2-6-15(17)19)16(10-20-18)21-13-7-8-13/h2,5-6,10,12-13,21H,3-4,7-9,11H2,1H3. The van der Waals surface area contributed by atoms with Crippen molar-refractivity contribution in [2.45, 2.75) is 38.6 Å². The van der Waals surface area contributed by atoms with E-state index in [1.807, 2.05) is 12.3 Å². The van der Waals surface area contributed by atoms with E-state index in [4.69, 9.17) is 0 Å². The predicted octanol–water partition coefficient (Wildman–Crippen LogP) is 4.18. The zero-order chi connectivity index (χ0) is 15.1. The van der Waals surface area contributed by atoms with E-state index >= 15 is 0 Å². The van der Waals surface area contributed by atoms with Crippen LogP contribution >= 0.6 is 0 Å². The van der Waals surface area contributed by atoms with Crippen LogP contribution in [0.4, 0.5) is 15.9 Å². The van der Waals surface area contributed by atoms with E-state index in [2.05, 4.69) is 22.1 Å². The van der Waals surface area contributed by atoms with Crippen molar-refractivity contribution in [1.82, 2.24) is 4.98 Å². The van der Waals surface area contributed by atoms with Crippen LogP contribution in [0.15, 0.2) is 24.4 Å². The van der Waals surface area contributed by atoms with Gasteiger partial charge in [-0.3, -0.25) is 0 Å². The number of benzene rings is 1. The number of rotatable bonds is 3. The van der Waals surface area contributed by atoms with Crippen LogP contribution in [0.3, 0.4) is 0 Å². The van der Waals surface area contributed by atoms with Crippen LogP contribution in [0.25, 0.3) is 10.8 Å². The van der Waals surface area contributed by atoms with E-state index in [0.29, 0.717) is 17.3 Å². The van der Waals surface area contributed by atoms with Gasteiger partial charge in [0.2, 0.25) is 0 Å². The van der Waals surface area contributed by atoms with Crippen LogP contribution in [-0.4, -0.2) is 24.1 Å². The van der Waals surface area contributed by atoms with Crippen molar-refractivity contribution in [3.63, 3.8) is 0 Å². The van der Waals surface area contributed by atoms with Gasteiger partial charge in [0.1, 0.15) is 11.6 Å². The monoisotopic (exact) mass is 299 g/mol. The first-order chi connectivity index (χ1) is 10.7. The minimum absolute atomic E-state index is 0.169. The van der Waals surface area contributed by atoms with Gasteiger partial charge in [-0.15, -0.1) is 0 Å². The highest BCUT2D eigenvalue weighted by molar-refractivity contribution is 6.00. The van der Waals surface area contributed by atoms with Gasteiger partial charge in [0.15, 0.2) is 0 Å². The van der Waals surface area contributed by atoms with Gasteiger partial charge >= 0.3 is 0 Å². The second-order valence-electron chi connectivity index (χ2n) is 6.77. The topological polar surface area (TPSA) is 28.2 Å². The van der Waals surface area contributed by atoms with Crippen molar-refractivity contribution in [2.75, 3.05) is 23.3 Å². The maximum Gasteiger partial charge on any atom is 0.139 e. The minimum atomic E-state index is -0.169. The number of nitrogens with zero attached hydrogens (tertiary/aromatic N) is 2. The van der Waals surface area contributed by atoms with Gasteiger partial charge in [-0.25, -0.2) is 9.37 Å². The molecule has 22 heavy (non-hydrogen) atoms. The molecule has 2 heterocycles. The Morgan fingerprint density at radius 2 is 2.14 bits per heavy atom. The Bertz CT molecular complexity index is 696. The van der Waals surface area contributed by atoms with Gasteiger partial charge in [-0.2, -0.15) is 0 Å². The van der Waals surface area contributed by atoms with E-state index < -0.39 is 0 Å². The number of halogens is 1. The molecule has 2 aliphatic rings. The van der Waals surface area contributed by atoms with E-state index in [-0.39, 0.29) is 5.82 Å². The molecule has 1 atom stereocenters. The Morgan fingerprint density at radius 3 is 2.91 bits per heavy atom. The molecule has 1 aliphatic heterocycles. The predicted molar refractivity (Wildman–Crippen MR) is 89.0 cm³/mol. The molecular formula is C18H22FN3. The molecule has 3 nitrogen and oxygen atoms in total. The fraction of sp³-hybridized carbons (Fsp3) is 0.500. The molecule has 4 rings (SSSR count). The van der Waals surface area contributed by atoms with E-state index in [1.54, 1.807) is 12.1 Å². The molecule has 0 bridgehead atoms. The Balaban J connectivity index is 1.81. The van der Waals surface area contributed by atoms with Gasteiger partial charge in [0.05, 0.1) is 17.3 Å². The van der Waals surface area contributed by atoms with Crippen molar-refractivity contribution in [3.8, 4) is 0 Å². The molecular weight excluding hydrogens is 277 g/mol. The Kier molecular flexibility index (Phi) is 3.40. The summed E-state index contributed by atoms with van der Waals surface area (Å²) in [6.07, 6.45) is 6.68. The molecule has 1 N–H and O–H groups in total. The second kappa shape index (κ2) is 5.41. The molecule has 0 amide bonds. The van der Waals surface area contributed by atoms with E-state index in [0.717, 1.165) is 36.4 Å². The van der Waals surface area contributed by atoms with Crippen LogP contribution in [0.1, 0.15) is 32.6 Å². The van der Waals surface area contributed by atoms with Gasteiger partial charge in [-0.05, 0) is 37.7 Å². The van der Waals surface area contributed by atoms with Gasteiger partial charge < -0.3 is 10.2 Å². The minimum Gasteiger partial charge on any atom is -0.381 e. The highest BCUT2D eigenvalue weighted by Crippen LogP contribution is 2.36. The first-order valence-electron chi connectivity index (χ1n) is 8.31. The molecule has 1 aromatic carbocycles. The molecule has 1 saturated carbocycles. The molecule has 0 spiro atoms. The summed E-state index contributed by atoms with van der Waals surface area (Å²) in [5.74, 6) is 1.28. The van der Waals surface area contributed by atoms with Crippen molar-refractivity contribution in [2.24, 2.45) is 5.92 Å². The smallest absolute Gasteiger partial charge is 0.139 e. The Labute approximate surface area is 130 Å². The van der Waals surface area contributed by atoms with Gasteiger partial charge in [0, 0.05) is 24.5 Å². The molecule has 2 fully saturated rings. The number of nitrogens with one attached hydrogen (secondary N) is 1. The molecule has 1 unspecified atom stereocenters. The van der Waals surface area contributed by atoms with Crippen molar-refractivity contribution in [3.05, 3.63) is 30.2 Å². The number of aromatic nitrogens is 1. The lowest BCUT2D eigenvalue weighted by Crippen LogP contribution is -2.35. The summed E-state index contributed by atoms with van der Waals surface area (Å²) in [4.78, 5) is 6.88. The third kappa shape index (κ3) is 2.51. The first kappa shape index (κ1) is 13.8. The average Bonchev–Trinajstić information content (AvgIpc) is 3.32. The third-order valence-electron chi connectivity index (χ3n) is 4.74. The second-order valence-corrected chi connectivity index (χ2v) is 6.77. The zero-order valence-electron chi connectivity index (χ0n) is 13.0. The molecule has 4 heteroatoms. The maximum atomic E-state index is 14.5. The average molecular weight is 299 g/mol. The summed E-state index contributed by atoms with van der Waals surface area (Å²) in [6.45, 7) is 4.19. The highest BCUT2D eigenvalue weighted by Gasteiger charge is 2.25. The maximum absolute atomic E-state index is 14.5. The SMILES string of the molecule is CC1CCCN(c2ncc(NC3CC3)c3cccc(F)c23)C1. The molecule has 2 aromatic rings. The normalized spacial score (nSPS) is 22.1. The van der Waals surface area contributed by atoms with Crippen molar-refractivity contribution < 1.29 is 4.39 Å². The summed E-state index contributed by atoms with van der Waals surface area (Å²) in [5, 5.41) is 5.10. The number of anilines is 2. The molecule has 116 valence electrons. The Morgan fingerprint density at radius 1 is 1.27 bits per heavy atom. The number of hydrogen-bond donors (Lipinski definition) is 1. The number of fused-ring (bicyclic) bond motifs is 1. The number of pyridine rings is 1. The zero-order valence-corrected chi connectivity index (χ0v) is 13.0. The quantitative estimate of drug-likeness (QED) is 0.921. The Hall–Kier alpha value is -1.84. The first-order valence-corrected chi connectivity index (χ1v) is 8.31. The van der Waals surface area contributed by atoms with Gasteiger partial charge in [0.25, 0.3) is 0 Å². The summed E-state index contributed by atoms with van der Waals surface area (Å²) < 4.78 is 14.5. The number of hydrogen-bond acceptors (Lipinski definition) is 3. The molecule has 0 radical (unpaired) electrons. The molecule has 1 aliphatic carbocycles. The van der Waals surface area contributed by atoms with Crippen molar-refractivity contribution in [1.29, 1.82) is 0 Å². The fourth-order valence-corrected chi connectivity index (χ4v) is 3.42. The lowest BCUT2D eigenvalue weighted by atomic mass is 9.99. The summed E-state index contributed by atoms with van der Waals surface area (Å²) in [6, 6.07) is 5.87. The van der Waals surface area contributed by atoms with Crippen LogP contribution in [0.2, 0.25) is 0 Å². The summed E-state index contributed by atoms with van der Waals surface area (Å²) >= 11 is 0. The fourth-order valence-electron chi connectivity index (χ4n) is 3.42. The third-order valence-corrected chi connectivity index (χ3v) is 4.74.